The maximum absolute atomic E-state index is 4.26. The van der Waals surface area contributed by atoms with Crippen LogP contribution in [0.5, 0.6) is 0 Å². The molecule has 10 heavy (non-hydrogen) atoms. The molecule has 0 aromatic carbocycles. The third-order valence-corrected chi connectivity index (χ3v) is 4.25. The van der Waals surface area contributed by atoms with Crippen molar-refractivity contribution in [3.05, 3.63) is 21.3 Å². The van der Waals surface area contributed by atoms with E-state index in [2.05, 4.69) is 47.8 Å². The van der Waals surface area contributed by atoms with Gasteiger partial charge in [0.25, 0.3) is 0 Å². The van der Waals surface area contributed by atoms with Crippen molar-refractivity contribution in [3.8, 4) is 0 Å². The molecule has 54 valence electrons. The van der Waals surface area contributed by atoms with Crippen molar-refractivity contribution in [3.63, 3.8) is 0 Å². The standard InChI is InChI=1S/C6H5BrS3/c1-3(8)6-5(9)4(7)2-10-6/h2,8-9H,1H2. The Bertz CT molecular complexity index is 264. The van der Waals surface area contributed by atoms with Crippen LogP contribution in [0.1, 0.15) is 4.88 Å². The van der Waals surface area contributed by atoms with E-state index >= 15 is 0 Å². The van der Waals surface area contributed by atoms with E-state index in [1.54, 1.807) is 11.3 Å². The Morgan fingerprint density at radius 3 is 2.50 bits per heavy atom. The largest absolute Gasteiger partial charge is 0.143 e. The van der Waals surface area contributed by atoms with Gasteiger partial charge in [0.2, 0.25) is 0 Å². The Hall–Kier alpha value is 0.620. The van der Waals surface area contributed by atoms with Crippen LogP contribution in [-0.4, -0.2) is 0 Å². The molecule has 0 amide bonds. The van der Waals surface area contributed by atoms with E-state index in [4.69, 9.17) is 0 Å². The highest BCUT2D eigenvalue weighted by Crippen LogP contribution is 2.35. The van der Waals surface area contributed by atoms with Gasteiger partial charge in [-0.1, -0.05) is 6.58 Å². The van der Waals surface area contributed by atoms with E-state index in [0.29, 0.717) is 0 Å². The van der Waals surface area contributed by atoms with Crippen LogP contribution in [0.15, 0.2) is 21.3 Å². The molecule has 4 heteroatoms. The molecule has 0 aliphatic rings. The van der Waals surface area contributed by atoms with Crippen LogP contribution in [0.3, 0.4) is 0 Å². The van der Waals surface area contributed by atoms with Gasteiger partial charge in [-0.05, 0) is 15.9 Å². The van der Waals surface area contributed by atoms with E-state index in [9.17, 15) is 0 Å². The molecule has 0 radical (unpaired) electrons. The summed E-state index contributed by atoms with van der Waals surface area (Å²) in [4.78, 5) is 2.71. The molecule has 0 bridgehead atoms. The number of thiophene rings is 1. The minimum Gasteiger partial charge on any atom is -0.143 e. The molecule has 0 saturated heterocycles. The highest BCUT2D eigenvalue weighted by Gasteiger charge is 2.05. The summed E-state index contributed by atoms with van der Waals surface area (Å²) in [7, 11) is 0. The Labute approximate surface area is 83.3 Å². The lowest BCUT2D eigenvalue weighted by molar-refractivity contribution is 1.51. The van der Waals surface area contributed by atoms with Crippen molar-refractivity contribution in [1.82, 2.24) is 0 Å². The summed E-state index contributed by atoms with van der Waals surface area (Å²) in [6, 6.07) is 0. The fourth-order valence-corrected chi connectivity index (χ4v) is 2.65. The Kier molecular flexibility index (Phi) is 2.91. The fraction of sp³-hybridized carbons (Fsp3) is 0. The molecule has 0 aliphatic heterocycles. The zero-order valence-corrected chi connectivity index (χ0v) is 9.16. The first-order valence-corrected chi connectivity index (χ1v) is 5.04. The van der Waals surface area contributed by atoms with Crippen LogP contribution in [0.2, 0.25) is 0 Å². The van der Waals surface area contributed by atoms with Gasteiger partial charge in [0.05, 0.1) is 4.88 Å². The van der Waals surface area contributed by atoms with Crippen LogP contribution in [-0.2, 0) is 0 Å². The van der Waals surface area contributed by atoms with E-state index < -0.39 is 0 Å². The summed E-state index contributed by atoms with van der Waals surface area (Å²) in [6.45, 7) is 3.70. The monoisotopic (exact) mass is 252 g/mol. The van der Waals surface area contributed by atoms with Crippen molar-refractivity contribution in [2.24, 2.45) is 0 Å². The van der Waals surface area contributed by atoms with Crippen LogP contribution < -0.4 is 0 Å². The van der Waals surface area contributed by atoms with E-state index in [1.165, 1.54) is 0 Å². The highest BCUT2D eigenvalue weighted by atomic mass is 79.9. The summed E-state index contributed by atoms with van der Waals surface area (Å²) < 4.78 is 1.01. The summed E-state index contributed by atoms with van der Waals surface area (Å²) in [5.41, 5.74) is 0. The van der Waals surface area contributed by atoms with Crippen molar-refractivity contribution in [2.75, 3.05) is 0 Å². The third-order valence-electron chi connectivity index (χ3n) is 0.984. The number of rotatable bonds is 1. The molecule has 0 N–H and O–H groups in total. The van der Waals surface area contributed by atoms with Gasteiger partial charge in [-0.3, -0.25) is 0 Å². The summed E-state index contributed by atoms with van der Waals surface area (Å²) in [6.07, 6.45) is 0. The summed E-state index contributed by atoms with van der Waals surface area (Å²) >= 11 is 13.3. The number of thiol groups is 2. The van der Waals surface area contributed by atoms with Gasteiger partial charge < -0.3 is 0 Å². The molecule has 0 nitrogen and oxygen atoms in total. The van der Waals surface area contributed by atoms with Crippen molar-refractivity contribution in [1.29, 1.82) is 0 Å². The molecule has 0 unspecified atom stereocenters. The second-order valence-corrected chi connectivity index (χ2v) is 4.43. The minimum absolute atomic E-state index is 0.765. The van der Waals surface area contributed by atoms with E-state index in [1.807, 2.05) is 5.38 Å². The van der Waals surface area contributed by atoms with Gasteiger partial charge in [-0.2, -0.15) is 0 Å². The van der Waals surface area contributed by atoms with Gasteiger partial charge in [0.1, 0.15) is 0 Å². The third kappa shape index (κ3) is 1.61. The van der Waals surface area contributed by atoms with Gasteiger partial charge in [-0.25, -0.2) is 0 Å². The quantitative estimate of drug-likeness (QED) is 0.700. The first-order valence-electron chi connectivity index (χ1n) is 2.47. The molecule has 0 atom stereocenters. The molecule has 1 heterocycles. The first kappa shape index (κ1) is 8.71. The second kappa shape index (κ2) is 3.34. The Morgan fingerprint density at radius 1 is 1.70 bits per heavy atom. The normalized spacial score (nSPS) is 9.90. The Morgan fingerprint density at radius 2 is 2.30 bits per heavy atom. The van der Waals surface area contributed by atoms with E-state index in [0.717, 1.165) is 19.2 Å². The smallest absolute Gasteiger partial charge is 0.0542 e. The molecule has 1 aromatic heterocycles. The zero-order valence-electron chi connectivity index (χ0n) is 4.97. The molecule has 0 fully saturated rings. The Balaban J connectivity index is 3.17. The maximum atomic E-state index is 4.26. The van der Waals surface area contributed by atoms with Gasteiger partial charge in [0, 0.05) is 19.7 Å². The van der Waals surface area contributed by atoms with Gasteiger partial charge in [-0.15, -0.1) is 36.6 Å². The van der Waals surface area contributed by atoms with Crippen LogP contribution >= 0.6 is 52.5 Å². The van der Waals surface area contributed by atoms with Gasteiger partial charge >= 0.3 is 0 Å². The van der Waals surface area contributed by atoms with Crippen LogP contribution in [0.4, 0.5) is 0 Å². The lowest BCUT2D eigenvalue weighted by Crippen LogP contribution is -1.67. The average Bonchev–Trinajstić information content (AvgIpc) is 2.14. The molecule has 1 rings (SSSR count). The number of hydrogen-bond acceptors (Lipinski definition) is 3. The molecular weight excluding hydrogens is 248 g/mol. The topological polar surface area (TPSA) is 0 Å². The predicted molar refractivity (Wildman–Crippen MR) is 57.3 cm³/mol. The fourth-order valence-electron chi connectivity index (χ4n) is 0.535. The number of halogens is 1. The van der Waals surface area contributed by atoms with Crippen LogP contribution in [0, 0.1) is 0 Å². The van der Waals surface area contributed by atoms with E-state index in [-0.39, 0.29) is 0 Å². The molecule has 0 spiro atoms. The average molecular weight is 253 g/mol. The minimum atomic E-state index is 0.765. The van der Waals surface area contributed by atoms with Gasteiger partial charge in [0.15, 0.2) is 0 Å². The maximum Gasteiger partial charge on any atom is 0.0542 e. The molecule has 0 aliphatic carbocycles. The lowest BCUT2D eigenvalue weighted by atomic mass is 10.4. The summed E-state index contributed by atoms with van der Waals surface area (Å²) in [5, 5.41) is 1.97. The predicted octanol–water partition coefficient (Wildman–Crippen LogP) is 3.70. The highest BCUT2D eigenvalue weighted by molar-refractivity contribution is 9.10. The number of hydrogen-bond donors (Lipinski definition) is 2. The van der Waals surface area contributed by atoms with Crippen molar-refractivity contribution in [2.45, 2.75) is 4.90 Å². The summed E-state index contributed by atoms with van der Waals surface area (Å²) in [5.74, 6) is 0. The molecular formula is C6H5BrS3. The molecule has 1 aromatic rings. The molecule has 0 saturated carbocycles. The first-order chi connectivity index (χ1) is 4.63. The van der Waals surface area contributed by atoms with Crippen LogP contribution in [0.25, 0.3) is 4.91 Å². The second-order valence-electron chi connectivity index (χ2n) is 1.71. The lowest BCUT2D eigenvalue weighted by Gasteiger charge is -1.93. The SMILES string of the molecule is C=C(S)c1scc(Br)c1S. The zero-order chi connectivity index (χ0) is 7.72. The van der Waals surface area contributed by atoms with Crippen molar-refractivity contribution < 1.29 is 0 Å². The van der Waals surface area contributed by atoms with Crippen molar-refractivity contribution >= 4 is 57.4 Å².